The highest BCUT2D eigenvalue weighted by atomic mass is 35.5. The molecule has 0 aliphatic carbocycles. The summed E-state index contributed by atoms with van der Waals surface area (Å²) in [4.78, 5) is 20.3. The summed E-state index contributed by atoms with van der Waals surface area (Å²) in [6, 6.07) is 9.49. The number of nitrogens with zero attached hydrogens (tertiary/aromatic N) is 5. The van der Waals surface area contributed by atoms with Gasteiger partial charge >= 0.3 is 0 Å². The van der Waals surface area contributed by atoms with E-state index in [2.05, 4.69) is 33.3 Å². The number of pyridine rings is 1. The van der Waals surface area contributed by atoms with Crippen LogP contribution in [0.5, 0.6) is 0 Å². The highest BCUT2D eigenvalue weighted by Gasteiger charge is 2.19. The minimum atomic E-state index is -0.113. The molecule has 4 aromatic rings. The fourth-order valence-corrected chi connectivity index (χ4v) is 4.73. The van der Waals surface area contributed by atoms with Gasteiger partial charge in [-0.05, 0) is 56.4 Å². The third-order valence-corrected chi connectivity index (χ3v) is 6.38. The summed E-state index contributed by atoms with van der Waals surface area (Å²) in [6.45, 7) is 5.76. The molecule has 4 heterocycles. The Morgan fingerprint density at radius 1 is 1.16 bits per heavy atom. The molecule has 0 bridgehead atoms. The molecule has 0 spiro atoms. The van der Waals surface area contributed by atoms with Crippen molar-refractivity contribution in [3.8, 4) is 0 Å². The molecule has 1 aromatic carbocycles. The van der Waals surface area contributed by atoms with Crippen molar-refractivity contribution in [3.05, 3.63) is 70.0 Å². The Kier molecular flexibility index (Phi) is 5.38. The number of nitrogens with one attached hydrogen (secondary N) is 1. The van der Waals surface area contributed by atoms with Crippen molar-refractivity contribution in [3.63, 3.8) is 0 Å². The van der Waals surface area contributed by atoms with Gasteiger partial charge < -0.3 is 14.8 Å². The number of anilines is 1. The molecular formula is C23H25ClN6O. The van der Waals surface area contributed by atoms with E-state index in [-0.39, 0.29) is 11.6 Å². The van der Waals surface area contributed by atoms with Gasteiger partial charge in [0.1, 0.15) is 0 Å². The Balaban J connectivity index is 1.55. The molecule has 1 unspecified atom stereocenters. The maximum Gasteiger partial charge on any atom is 0.260 e. The van der Waals surface area contributed by atoms with Crippen molar-refractivity contribution in [2.45, 2.75) is 32.4 Å². The first-order valence-electron chi connectivity index (χ1n) is 10.7. The third kappa shape index (κ3) is 3.79. The molecule has 1 saturated heterocycles. The smallest absolute Gasteiger partial charge is 0.260 e. The number of halogens is 1. The zero-order chi connectivity index (χ0) is 21.4. The van der Waals surface area contributed by atoms with E-state index in [1.807, 2.05) is 29.0 Å². The van der Waals surface area contributed by atoms with Gasteiger partial charge in [-0.1, -0.05) is 23.7 Å². The van der Waals surface area contributed by atoms with Gasteiger partial charge in [0.15, 0.2) is 5.65 Å². The van der Waals surface area contributed by atoms with Crippen LogP contribution in [-0.2, 0) is 6.54 Å². The van der Waals surface area contributed by atoms with Gasteiger partial charge in [0.2, 0.25) is 0 Å². The van der Waals surface area contributed by atoms with Crippen LogP contribution in [0.25, 0.3) is 16.4 Å². The Morgan fingerprint density at radius 3 is 2.84 bits per heavy atom. The molecular weight excluding hydrogens is 412 g/mol. The predicted molar refractivity (Wildman–Crippen MR) is 124 cm³/mol. The van der Waals surface area contributed by atoms with Crippen LogP contribution < -0.4 is 10.9 Å². The molecule has 0 amide bonds. The fraction of sp³-hybridized carbons (Fsp3) is 0.348. The van der Waals surface area contributed by atoms with Crippen molar-refractivity contribution in [2.24, 2.45) is 0 Å². The van der Waals surface area contributed by atoms with Gasteiger partial charge in [0, 0.05) is 31.2 Å². The summed E-state index contributed by atoms with van der Waals surface area (Å²) in [6.07, 6.45) is 7.74. The molecule has 1 atom stereocenters. The Morgan fingerprint density at radius 2 is 2.00 bits per heavy atom. The Bertz CT molecular complexity index is 1290. The van der Waals surface area contributed by atoms with Crippen LogP contribution >= 0.6 is 11.6 Å². The van der Waals surface area contributed by atoms with Gasteiger partial charge in [-0.3, -0.25) is 4.79 Å². The van der Waals surface area contributed by atoms with E-state index in [4.69, 9.17) is 11.6 Å². The van der Waals surface area contributed by atoms with E-state index >= 15 is 0 Å². The lowest BCUT2D eigenvalue weighted by Crippen LogP contribution is -2.32. The summed E-state index contributed by atoms with van der Waals surface area (Å²) in [5, 5.41) is 9.75. The molecule has 0 radical (unpaired) electrons. The van der Waals surface area contributed by atoms with E-state index < -0.39 is 0 Å². The summed E-state index contributed by atoms with van der Waals surface area (Å²) >= 11 is 6.42. The molecule has 160 valence electrons. The monoisotopic (exact) mass is 436 g/mol. The second-order valence-corrected chi connectivity index (χ2v) is 8.49. The number of imidazole rings is 1. The molecule has 1 aliphatic rings. The number of rotatable bonds is 6. The lowest BCUT2D eigenvalue weighted by Gasteiger charge is -2.23. The van der Waals surface area contributed by atoms with E-state index in [1.165, 1.54) is 12.8 Å². The average Bonchev–Trinajstić information content (AvgIpc) is 3.45. The molecule has 31 heavy (non-hydrogen) atoms. The largest absolute Gasteiger partial charge is 0.374 e. The number of hydrogen-bond donors (Lipinski definition) is 1. The second kappa shape index (κ2) is 8.32. The SMILES string of the molecule is CC(Nc1ccnn2ccnc12)c1cc2cccc(Cl)c2c(=O)n1CCN1CCCC1. The van der Waals surface area contributed by atoms with Crippen LogP contribution in [0.4, 0.5) is 5.69 Å². The standard InChI is InChI=1S/C23H25ClN6O/c1-16(27-19-7-8-26-30-12-9-25-22(19)30)20-15-17-5-4-6-18(24)21(17)23(31)29(20)14-13-28-10-2-3-11-28/h4-9,12,15-16,27H,2-3,10-11,13-14H2,1H3. The molecule has 1 N–H and O–H groups in total. The topological polar surface area (TPSA) is 67.5 Å². The summed E-state index contributed by atoms with van der Waals surface area (Å²) in [5.74, 6) is 0. The highest BCUT2D eigenvalue weighted by molar-refractivity contribution is 6.35. The number of aromatic nitrogens is 4. The Labute approximate surface area is 185 Å². The maximum absolute atomic E-state index is 13.5. The second-order valence-electron chi connectivity index (χ2n) is 8.09. The van der Waals surface area contributed by atoms with Crippen LogP contribution in [0, 0.1) is 0 Å². The van der Waals surface area contributed by atoms with Crippen LogP contribution in [-0.4, -0.2) is 43.7 Å². The molecule has 8 heteroatoms. The van der Waals surface area contributed by atoms with E-state index in [0.717, 1.165) is 42.0 Å². The van der Waals surface area contributed by atoms with Crippen molar-refractivity contribution in [1.82, 2.24) is 24.1 Å². The third-order valence-electron chi connectivity index (χ3n) is 6.07. The predicted octanol–water partition coefficient (Wildman–Crippen LogP) is 3.97. The molecule has 3 aromatic heterocycles. The summed E-state index contributed by atoms with van der Waals surface area (Å²) in [5.41, 5.74) is 2.52. The van der Waals surface area contributed by atoms with Crippen LogP contribution in [0.15, 0.2) is 53.7 Å². The van der Waals surface area contributed by atoms with Gasteiger partial charge in [-0.15, -0.1) is 0 Å². The van der Waals surface area contributed by atoms with Crippen molar-refractivity contribution in [1.29, 1.82) is 0 Å². The average molecular weight is 437 g/mol. The van der Waals surface area contributed by atoms with Gasteiger partial charge in [0.25, 0.3) is 5.56 Å². The van der Waals surface area contributed by atoms with Crippen LogP contribution in [0.1, 0.15) is 31.5 Å². The van der Waals surface area contributed by atoms with Crippen molar-refractivity contribution in [2.75, 3.05) is 25.0 Å². The first kappa shape index (κ1) is 20.0. The van der Waals surface area contributed by atoms with E-state index in [9.17, 15) is 4.79 Å². The first-order chi connectivity index (χ1) is 15.1. The van der Waals surface area contributed by atoms with Gasteiger partial charge in [-0.25, -0.2) is 9.50 Å². The number of hydrogen-bond acceptors (Lipinski definition) is 5. The lowest BCUT2D eigenvalue weighted by molar-refractivity contribution is 0.318. The van der Waals surface area contributed by atoms with Crippen LogP contribution in [0.3, 0.4) is 0 Å². The van der Waals surface area contributed by atoms with Crippen molar-refractivity contribution < 1.29 is 0 Å². The minimum Gasteiger partial charge on any atom is -0.374 e. The summed E-state index contributed by atoms with van der Waals surface area (Å²) < 4.78 is 3.61. The quantitative estimate of drug-likeness (QED) is 0.495. The summed E-state index contributed by atoms with van der Waals surface area (Å²) in [7, 11) is 0. The highest BCUT2D eigenvalue weighted by Crippen LogP contribution is 2.26. The molecule has 1 fully saturated rings. The van der Waals surface area contributed by atoms with E-state index in [0.29, 0.717) is 17.0 Å². The molecule has 0 saturated carbocycles. The van der Waals surface area contributed by atoms with E-state index in [1.54, 1.807) is 23.0 Å². The minimum absolute atomic E-state index is 0.0355. The Hall–Kier alpha value is -2.90. The first-order valence-corrected chi connectivity index (χ1v) is 11.1. The number of benzene rings is 1. The zero-order valence-corrected chi connectivity index (χ0v) is 18.2. The number of likely N-dealkylation sites (tertiary alicyclic amines) is 1. The lowest BCUT2D eigenvalue weighted by atomic mass is 10.1. The normalized spacial score (nSPS) is 15.7. The molecule has 7 nitrogen and oxygen atoms in total. The molecule has 1 aliphatic heterocycles. The van der Waals surface area contributed by atoms with Crippen LogP contribution in [0.2, 0.25) is 5.02 Å². The van der Waals surface area contributed by atoms with Crippen molar-refractivity contribution >= 4 is 33.7 Å². The maximum atomic E-state index is 13.5. The number of fused-ring (bicyclic) bond motifs is 2. The zero-order valence-electron chi connectivity index (χ0n) is 17.5. The fourth-order valence-electron chi connectivity index (χ4n) is 4.47. The van der Waals surface area contributed by atoms with Gasteiger partial charge in [-0.2, -0.15) is 5.10 Å². The van der Waals surface area contributed by atoms with Gasteiger partial charge in [0.05, 0.1) is 28.3 Å². The molecule has 5 rings (SSSR count).